The van der Waals surface area contributed by atoms with E-state index in [-0.39, 0.29) is 6.04 Å². The SMILES string of the molecule is C=C(CC)C(c1ccccc1)N1CCc2ccccc2C1=C. The van der Waals surface area contributed by atoms with Crippen LogP contribution in [0.5, 0.6) is 0 Å². The molecule has 0 aromatic heterocycles. The van der Waals surface area contributed by atoms with Crippen molar-refractivity contribution >= 4 is 5.70 Å². The number of nitrogens with zero attached hydrogens (tertiary/aromatic N) is 1. The van der Waals surface area contributed by atoms with Crippen LogP contribution >= 0.6 is 0 Å². The van der Waals surface area contributed by atoms with Crippen LogP contribution in [0.1, 0.15) is 36.1 Å². The third kappa shape index (κ3) is 2.59. The molecule has 1 unspecified atom stereocenters. The summed E-state index contributed by atoms with van der Waals surface area (Å²) < 4.78 is 0. The molecule has 22 heavy (non-hydrogen) atoms. The van der Waals surface area contributed by atoms with E-state index in [9.17, 15) is 0 Å². The number of fused-ring (bicyclic) bond motifs is 1. The van der Waals surface area contributed by atoms with Gasteiger partial charge in [0.1, 0.15) is 0 Å². The molecule has 3 rings (SSSR count). The predicted molar refractivity (Wildman–Crippen MR) is 94.5 cm³/mol. The van der Waals surface area contributed by atoms with E-state index in [0.717, 1.165) is 25.1 Å². The second kappa shape index (κ2) is 6.23. The van der Waals surface area contributed by atoms with E-state index in [0.29, 0.717) is 0 Å². The molecule has 1 heteroatoms. The lowest BCUT2D eigenvalue weighted by atomic mass is 9.90. The summed E-state index contributed by atoms with van der Waals surface area (Å²) in [4.78, 5) is 2.42. The average molecular weight is 289 g/mol. The van der Waals surface area contributed by atoms with Gasteiger partial charge in [0.25, 0.3) is 0 Å². The molecule has 0 saturated heterocycles. The lowest BCUT2D eigenvalue weighted by Crippen LogP contribution is -2.33. The normalized spacial score (nSPS) is 15.3. The molecule has 2 aromatic rings. The van der Waals surface area contributed by atoms with Gasteiger partial charge in [-0.15, -0.1) is 0 Å². The van der Waals surface area contributed by atoms with Gasteiger partial charge in [0.05, 0.1) is 6.04 Å². The highest BCUT2D eigenvalue weighted by molar-refractivity contribution is 5.67. The Balaban J connectivity index is 2.00. The van der Waals surface area contributed by atoms with Crippen LogP contribution in [0.2, 0.25) is 0 Å². The summed E-state index contributed by atoms with van der Waals surface area (Å²) >= 11 is 0. The van der Waals surface area contributed by atoms with E-state index in [4.69, 9.17) is 0 Å². The number of hydrogen-bond acceptors (Lipinski definition) is 1. The van der Waals surface area contributed by atoms with Crippen molar-refractivity contribution in [2.45, 2.75) is 25.8 Å². The van der Waals surface area contributed by atoms with Crippen LogP contribution < -0.4 is 0 Å². The number of rotatable bonds is 4. The summed E-state index contributed by atoms with van der Waals surface area (Å²) in [6, 6.07) is 19.5. The van der Waals surface area contributed by atoms with Gasteiger partial charge in [-0.1, -0.05) is 80.3 Å². The van der Waals surface area contributed by atoms with Crippen molar-refractivity contribution in [2.24, 2.45) is 0 Å². The van der Waals surface area contributed by atoms with Gasteiger partial charge in [-0.25, -0.2) is 0 Å². The van der Waals surface area contributed by atoms with Crippen LogP contribution in [0.4, 0.5) is 0 Å². The summed E-state index contributed by atoms with van der Waals surface area (Å²) in [5.41, 5.74) is 6.34. The maximum Gasteiger partial charge on any atom is 0.0753 e. The zero-order valence-corrected chi connectivity index (χ0v) is 13.3. The molecular formula is C21H23N. The van der Waals surface area contributed by atoms with Crippen LogP contribution in [0.15, 0.2) is 73.3 Å². The molecule has 112 valence electrons. The van der Waals surface area contributed by atoms with E-state index in [1.807, 2.05) is 0 Å². The maximum atomic E-state index is 4.38. The van der Waals surface area contributed by atoms with E-state index < -0.39 is 0 Å². The van der Waals surface area contributed by atoms with Crippen molar-refractivity contribution in [1.82, 2.24) is 4.90 Å². The van der Waals surface area contributed by atoms with Crippen molar-refractivity contribution in [2.75, 3.05) is 6.54 Å². The Hall–Kier alpha value is -2.28. The van der Waals surface area contributed by atoms with Crippen LogP contribution in [0.25, 0.3) is 5.70 Å². The average Bonchev–Trinajstić information content (AvgIpc) is 2.58. The van der Waals surface area contributed by atoms with E-state index in [1.165, 1.54) is 22.3 Å². The second-order valence-electron chi connectivity index (χ2n) is 5.87. The number of benzene rings is 2. The highest BCUT2D eigenvalue weighted by Crippen LogP contribution is 2.38. The van der Waals surface area contributed by atoms with E-state index in [2.05, 4.69) is 79.6 Å². The molecule has 0 N–H and O–H groups in total. The standard InChI is InChI=1S/C21H23N/c1-4-16(2)21(19-11-6-5-7-12-19)22-15-14-18-10-8-9-13-20(18)17(22)3/h5-13,21H,2-4,14-15H2,1H3. The fourth-order valence-corrected chi connectivity index (χ4v) is 3.30. The Labute approximate surface area is 133 Å². The van der Waals surface area contributed by atoms with Crippen LogP contribution in [0.3, 0.4) is 0 Å². The quantitative estimate of drug-likeness (QED) is 0.697. The van der Waals surface area contributed by atoms with Gasteiger partial charge in [0.2, 0.25) is 0 Å². The lowest BCUT2D eigenvalue weighted by Gasteiger charge is -2.40. The van der Waals surface area contributed by atoms with Gasteiger partial charge in [0.15, 0.2) is 0 Å². The molecule has 0 aliphatic carbocycles. The lowest BCUT2D eigenvalue weighted by molar-refractivity contribution is 0.324. The first-order valence-corrected chi connectivity index (χ1v) is 7.98. The fraction of sp³-hybridized carbons (Fsp3) is 0.238. The monoisotopic (exact) mass is 289 g/mol. The minimum Gasteiger partial charge on any atom is -0.360 e. The Morgan fingerprint density at radius 2 is 1.77 bits per heavy atom. The highest BCUT2D eigenvalue weighted by atomic mass is 15.2. The van der Waals surface area contributed by atoms with Gasteiger partial charge in [-0.05, 0) is 24.0 Å². The summed E-state index contributed by atoms with van der Waals surface area (Å²) in [5, 5.41) is 0. The Bertz CT molecular complexity index is 684. The van der Waals surface area contributed by atoms with Gasteiger partial charge >= 0.3 is 0 Å². The molecule has 2 aromatic carbocycles. The van der Waals surface area contributed by atoms with Gasteiger partial charge in [0, 0.05) is 17.8 Å². The van der Waals surface area contributed by atoms with Gasteiger partial charge in [-0.3, -0.25) is 0 Å². The van der Waals surface area contributed by atoms with Crippen LogP contribution in [-0.4, -0.2) is 11.4 Å². The summed E-state index contributed by atoms with van der Waals surface area (Å²) in [6.07, 6.45) is 2.04. The fourth-order valence-electron chi connectivity index (χ4n) is 3.30. The third-order valence-electron chi connectivity index (χ3n) is 4.56. The number of hydrogen-bond donors (Lipinski definition) is 0. The zero-order chi connectivity index (χ0) is 15.5. The van der Waals surface area contributed by atoms with Crippen molar-refractivity contribution in [1.29, 1.82) is 0 Å². The first-order chi connectivity index (χ1) is 10.7. The van der Waals surface area contributed by atoms with Gasteiger partial charge < -0.3 is 4.90 Å². The first-order valence-electron chi connectivity index (χ1n) is 7.98. The second-order valence-corrected chi connectivity index (χ2v) is 5.87. The summed E-state index contributed by atoms with van der Waals surface area (Å²) in [7, 11) is 0. The Kier molecular flexibility index (Phi) is 4.15. The maximum absolute atomic E-state index is 4.38. The molecule has 0 radical (unpaired) electrons. The molecule has 0 fully saturated rings. The predicted octanol–water partition coefficient (Wildman–Crippen LogP) is 5.22. The minimum absolute atomic E-state index is 0.215. The molecule has 1 heterocycles. The summed E-state index contributed by atoms with van der Waals surface area (Å²) in [5.74, 6) is 0. The van der Waals surface area contributed by atoms with Gasteiger partial charge in [-0.2, -0.15) is 0 Å². The molecule has 1 nitrogen and oxygen atoms in total. The smallest absolute Gasteiger partial charge is 0.0753 e. The summed E-state index contributed by atoms with van der Waals surface area (Å²) in [6.45, 7) is 11.9. The van der Waals surface area contributed by atoms with Crippen LogP contribution in [0, 0.1) is 0 Å². The van der Waals surface area contributed by atoms with Crippen LogP contribution in [-0.2, 0) is 6.42 Å². The first kappa shape index (κ1) is 14.6. The molecule has 0 amide bonds. The largest absolute Gasteiger partial charge is 0.360 e. The minimum atomic E-state index is 0.215. The van der Waals surface area contributed by atoms with Crippen molar-refractivity contribution in [3.8, 4) is 0 Å². The molecule has 0 saturated carbocycles. The molecule has 1 aliphatic heterocycles. The van der Waals surface area contributed by atoms with E-state index in [1.54, 1.807) is 0 Å². The Morgan fingerprint density at radius 1 is 1.09 bits per heavy atom. The molecule has 0 bridgehead atoms. The molecule has 0 spiro atoms. The van der Waals surface area contributed by atoms with Crippen molar-refractivity contribution < 1.29 is 0 Å². The zero-order valence-electron chi connectivity index (χ0n) is 13.3. The highest BCUT2D eigenvalue weighted by Gasteiger charge is 2.27. The Morgan fingerprint density at radius 3 is 2.50 bits per heavy atom. The molecule has 1 aliphatic rings. The topological polar surface area (TPSA) is 3.24 Å². The van der Waals surface area contributed by atoms with Crippen molar-refractivity contribution in [3.63, 3.8) is 0 Å². The molecular weight excluding hydrogens is 266 g/mol. The van der Waals surface area contributed by atoms with E-state index >= 15 is 0 Å². The third-order valence-corrected chi connectivity index (χ3v) is 4.56. The molecule has 1 atom stereocenters. The van der Waals surface area contributed by atoms with Crippen molar-refractivity contribution in [3.05, 3.63) is 90.0 Å².